The highest BCUT2D eigenvalue weighted by Crippen LogP contribution is 2.22. The molecule has 1 atom stereocenters. The third-order valence-corrected chi connectivity index (χ3v) is 3.57. The summed E-state index contributed by atoms with van der Waals surface area (Å²) in [6.45, 7) is 0.282. The fraction of sp³-hybridized carbons (Fsp3) is 0.429. The smallest absolute Gasteiger partial charge is 0.337 e. The summed E-state index contributed by atoms with van der Waals surface area (Å²) in [6.07, 6.45) is 2.38. The topological polar surface area (TPSA) is 89.9 Å². The lowest BCUT2D eigenvalue weighted by molar-refractivity contribution is 0.0697. The van der Waals surface area contributed by atoms with Gasteiger partial charge in [-0.25, -0.2) is 14.0 Å². The number of aliphatic hydroxyl groups excluding tert-OH is 1. The number of aromatic carboxylic acids is 1. The van der Waals surface area contributed by atoms with Crippen LogP contribution in [0.25, 0.3) is 0 Å². The number of para-hydroxylation sites is 1. The van der Waals surface area contributed by atoms with E-state index in [9.17, 15) is 19.1 Å². The van der Waals surface area contributed by atoms with Crippen molar-refractivity contribution in [3.63, 3.8) is 0 Å². The van der Waals surface area contributed by atoms with Crippen LogP contribution >= 0.6 is 0 Å². The van der Waals surface area contributed by atoms with E-state index in [4.69, 9.17) is 5.11 Å². The van der Waals surface area contributed by atoms with Gasteiger partial charge in [-0.15, -0.1) is 0 Å². The summed E-state index contributed by atoms with van der Waals surface area (Å²) in [5.74, 6) is -2.12. The maximum Gasteiger partial charge on any atom is 0.337 e. The second-order valence-corrected chi connectivity index (χ2v) is 4.92. The van der Waals surface area contributed by atoms with Crippen molar-refractivity contribution in [2.75, 3.05) is 18.5 Å². The number of aliphatic hydroxyl groups is 1. The van der Waals surface area contributed by atoms with Gasteiger partial charge in [-0.2, -0.15) is 0 Å². The van der Waals surface area contributed by atoms with Gasteiger partial charge in [0.15, 0.2) is 0 Å². The Labute approximate surface area is 121 Å². The lowest BCUT2D eigenvalue weighted by Gasteiger charge is -2.34. The number of piperidine rings is 1. The van der Waals surface area contributed by atoms with E-state index in [-0.39, 0.29) is 23.9 Å². The van der Waals surface area contributed by atoms with Crippen molar-refractivity contribution in [3.8, 4) is 0 Å². The average molecular weight is 296 g/mol. The van der Waals surface area contributed by atoms with E-state index in [1.54, 1.807) is 0 Å². The van der Waals surface area contributed by atoms with Crippen LogP contribution in [0.1, 0.15) is 29.6 Å². The summed E-state index contributed by atoms with van der Waals surface area (Å²) in [7, 11) is 0. The lowest BCUT2D eigenvalue weighted by atomic mass is 10.0. The molecule has 7 heteroatoms. The molecule has 1 unspecified atom stereocenters. The van der Waals surface area contributed by atoms with Crippen LogP contribution in [0.15, 0.2) is 18.2 Å². The quantitative estimate of drug-likeness (QED) is 0.794. The highest BCUT2D eigenvalue weighted by atomic mass is 19.1. The standard InChI is InChI=1S/C14H17FN2O4/c15-11-6-3-5-10(13(19)20)12(11)16-14(21)17-7-2-1-4-9(17)8-18/h3,5-6,9,18H,1-2,4,7-8H2,(H,16,21)(H,19,20). The van der Waals surface area contributed by atoms with Crippen LogP contribution in [-0.2, 0) is 0 Å². The molecule has 1 aliphatic heterocycles. The highest BCUT2D eigenvalue weighted by molar-refractivity contribution is 6.00. The molecule has 0 bridgehead atoms. The van der Waals surface area contributed by atoms with Gasteiger partial charge in [0.2, 0.25) is 0 Å². The zero-order valence-corrected chi connectivity index (χ0v) is 11.4. The number of carbonyl (C=O) groups is 2. The van der Waals surface area contributed by atoms with Crippen molar-refractivity contribution >= 4 is 17.7 Å². The maximum atomic E-state index is 13.8. The van der Waals surface area contributed by atoms with Crippen molar-refractivity contribution in [2.45, 2.75) is 25.3 Å². The van der Waals surface area contributed by atoms with Gasteiger partial charge in [0, 0.05) is 6.54 Å². The zero-order valence-electron chi connectivity index (χ0n) is 11.4. The van der Waals surface area contributed by atoms with E-state index in [0.29, 0.717) is 13.0 Å². The molecule has 1 aliphatic rings. The van der Waals surface area contributed by atoms with Gasteiger partial charge in [-0.05, 0) is 31.4 Å². The van der Waals surface area contributed by atoms with Gasteiger partial charge in [0.05, 0.1) is 23.9 Å². The van der Waals surface area contributed by atoms with Crippen molar-refractivity contribution in [1.29, 1.82) is 0 Å². The molecule has 1 fully saturated rings. The number of nitrogens with zero attached hydrogens (tertiary/aromatic N) is 1. The molecule has 3 N–H and O–H groups in total. The predicted molar refractivity (Wildman–Crippen MR) is 73.8 cm³/mol. The summed E-state index contributed by atoms with van der Waals surface area (Å²) in [5, 5.41) is 20.6. The molecule has 1 aromatic rings. The Hall–Kier alpha value is -2.15. The van der Waals surface area contributed by atoms with Gasteiger partial charge in [0.1, 0.15) is 5.82 Å². The molecular weight excluding hydrogens is 279 g/mol. The molecule has 0 radical (unpaired) electrons. The molecule has 2 amide bonds. The fourth-order valence-electron chi connectivity index (χ4n) is 2.47. The second kappa shape index (κ2) is 6.53. The third-order valence-electron chi connectivity index (χ3n) is 3.57. The van der Waals surface area contributed by atoms with E-state index in [1.807, 2.05) is 0 Å². The molecule has 2 rings (SSSR count). The van der Waals surface area contributed by atoms with E-state index < -0.39 is 17.8 Å². The molecular formula is C14H17FN2O4. The van der Waals surface area contributed by atoms with Crippen LogP contribution in [0.4, 0.5) is 14.9 Å². The molecule has 0 aromatic heterocycles. The number of hydrogen-bond acceptors (Lipinski definition) is 3. The van der Waals surface area contributed by atoms with Crippen LogP contribution in [0.3, 0.4) is 0 Å². The maximum absolute atomic E-state index is 13.8. The highest BCUT2D eigenvalue weighted by Gasteiger charge is 2.27. The number of benzene rings is 1. The Bertz CT molecular complexity index is 550. The Morgan fingerprint density at radius 1 is 1.38 bits per heavy atom. The van der Waals surface area contributed by atoms with E-state index in [2.05, 4.69) is 5.32 Å². The number of rotatable bonds is 3. The van der Waals surface area contributed by atoms with Crippen molar-refractivity contribution < 1.29 is 24.2 Å². The number of carboxylic acids is 1. The number of urea groups is 1. The van der Waals surface area contributed by atoms with Gasteiger partial charge >= 0.3 is 12.0 Å². The lowest BCUT2D eigenvalue weighted by Crippen LogP contribution is -2.47. The number of likely N-dealkylation sites (tertiary alicyclic amines) is 1. The Kier molecular flexibility index (Phi) is 4.74. The first-order valence-corrected chi connectivity index (χ1v) is 6.75. The SMILES string of the molecule is O=C(O)c1cccc(F)c1NC(=O)N1CCCCC1CO. The molecule has 0 saturated carbocycles. The van der Waals surface area contributed by atoms with Gasteiger partial charge in [-0.3, -0.25) is 0 Å². The molecule has 6 nitrogen and oxygen atoms in total. The second-order valence-electron chi connectivity index (χ2n) is 4.92. The largest absolute Gasteiger partial charge is 0.478 e. The minimum absolute atomic E-state index is 0.170. The van der Waals surface area contributed by atoms with Crippen LogP contribution < -0.4 is 5.32 Å². The van der Waals surface area contributed by atoms with Crippen LogP contribution in [-0.4, -0.2) is 46.3 Å². The van der Waals surface area contributed by atoms with Crippen LogP contribution in [0, 0.1) is 5.82 Å². The molecule has 1 saturated heterocycles. The number of carboxylic acid groups (broad SMARTS) is 1. The third kappa shape index (κ3) is 3.30. The number of amides is 2. The fourth-order valence-corrected chi connectivity index (χ4v) is 2.47. The van der Waals surface area contributed by atoms with Crippen molar-refractivity contribution in [2.24, 2.45) is 0 Å². The van der Waals surface area contributed by atoms with Crippen LogP contribution in [0.5, 0.6) is 0 Å². The van der Waals surface area contributed by atoms with Gasteiger partial charge in [-0.1, -0.05) is 6.07 Å². The minimum Gasteiger partial charge on any atom is -0.478 e. The number of nitrogens with one attached hydrogen (secondary N) is 1. The van der Waals surface area contributed by atoms with E-state index >= 15 is 0 Å². The van der Waals surface area contributed by atoms with E-state index in [1.165, 1.54) is 17.0 Å². The summed E-state index contributed by atoms with van der Waals surface area (Å²) in [6, 6.07) is 2.66. The van der Waals surface area contributed by atoms with Crippen LogP contribution in [0.2, 0.25) is 0 Å². The summed E-state index contributed by atoms with van der Waals surface area (Å²) in [5.41, 5.74) is -0.654. The summed E-state index contributed by atoms with van der Waals surface area (Å²) in [4.78, 5) is 24.7. The number of hydrogen-bond donors (Lipinski definition) is 3. The monoisotopic (exact) mass is 296 g/mol. The minimum atomic E-state index is -1.32. The zero-order chi connectivity index (χ0) is 15.4. The van der Waals surface area contributed by atoms with Crippen molar-refractivity contribution in [1.82, 2.24) is 4.90 Å². The first-order chi connectivity index (χ1) is 10.0. The number of carbonyl (C=O) groups excluding carboxylic acids is 1. The Morgan fingerprint density at radius 3 is 2.81 bits per heavy atom. The Morgan fingerprint density at radius 2 is 2.14 bits per heavy atom. The Balaban J connectivity index is 2.21. The van der Waals surface area contributed by atoms with Gasteiger partial charge < -0.3 is 20.4 Å². The van der Waals surface area contributed by atoms with Gasteiger partial charge in [0.25, 0.3) is 0 Å². The molecule has 1 heterocycles. The summed E-state index contributed by atoms with van der Waals surface area (Å²) >= 11 is 0. The molecule has 21 heavy (non-hydrogen) atoms. The van der Waals surface area contributed by atoms with E-state index in [0.717, 1.165) is 18.9 Å². The molecule has 0 spiro atoms. The molecule has 114 valence electrons. The summed E-state index contributed by atoms with van der Waals surface area (Å²) < 4.78 is 13.8. The first-order valence-electron chi connectivity index (χ1n) is 6.75. The average Bonchev–Trinajstić information content (AvgIpc) is 2.48. The van der Waals surface area contributed by atoms with Crippen molar-refractivity contribution in [3.05, 3.63) is 29.6 Å². The normalized spacial score (nSPS) is 18.4. The molecule has 0 aliphatic carbocycles. The first kappa shape index (κ1) is 15.2. The number of halogens is 1. The number of anilines is 1. The predicted octanol–water partition coefficient (Wildman–Crippen LogP) is 1.90. The molecule has 1 aromatic carbocycles.